The fourth-order valence-electron chi connectivity index (χ4n) is 1.53. The Morgan fingerprint density at radius 2 is 2.11 bits per heavy atom. The van der Waals surface area contributed by atoms with Gasteiger partial charge in [-0.05, 0) is 35.8 Å². The molecule has 0 atom stereocenters. The van der Waals surface area contributed by atoms with E-state index in [0.717, 1.165) is 21.3 Å². The zero-order valence-corrected chi connectivity index (χ0v) is 12.0. The molecule has 2 rings (SSSR count). The molecule has 4 nitrogen and oxygen atoms in total. The average molecular weight is 311 g/mol. The molecule has 0 spiro atoms. The fourth-order valence-corrected chi connectivity index (χ4v) is 1.85. The number of hydrogen-bond donors (Lipinski definition) is 0. The summed E-state index contributed by atoms with van der Waals surface area (Å²) in [4.78, 5) is 8.57. The van der Waals surface area contributed by atoms with Crippen LogP contribution >= 0.6 is 15.9 Å². The van der Waals surface area contributed by atoms with E-state index >= 15 is 0 Å². The quantitative estimate of drug-likeness (QED) is 0.796. The van der Waals surface area contributed by atoms with Crippen molar-refractivity contribution in [2.45, 2.75) is 20.0 Å². The summed E-state index contributed by atoms with van der Waals surface area (Å²) in [6.07, 6.45) is 3.67. The second-order valence-electron chi connectivity index (χ2n) is 4.10. The standard InChI is InChI=1S/C13H15BrN2O2/c1-9(2)17-5-6-18-12-3-4-15-11-7-10(14)8-16-13(11)12/h3-4,7-9H,5-6H2,1-2H3. The first kappa shape index (κ1) is 13.2. The van der Waals surface area contributed by atoms with E-state index in [1.807, 2.05) is 26.0 Å². The fraction of sp³-hybridized carbons (Fsp3) is 0.385. The predicted octanol–water partition coefficient (Wildman–Crippen LogP) is 3.20. The van der Waals surface area contributed by atoms with E-state index in [0.29, 0.717) is 13.2 Å². The van der Waals surface area contributed by atoms with Gasteiger partial charge in [0.2, 0.25) is 0 Å². The molecular formula is C13H15BrN2O2. The normalized spacial score (nSPS) is 11.1. The monoisotopic (exact) mass is 310 g/mol. The van der Waals surface area contributed by atoms with Gasteiger partial charge in [0.25, 0.3) is 0 Å². The van der Waals surface area contributed by atoms with Gasteiger partial charge in [-0.2, -0.15) is 0 Å². The first-order chi connectivity index (χ1) is 8.66. The third-order valence-corrected chi connectivity index (χ3v) is 2.73. The SMILES string of the molecule is CC(C)OCCOc1ccnc2cc(Br)cnc12. The summed E-state index contributed by atoms with van der Waals surface area (Å²) in [5.41, 5.74) is 1.58. The van der Waals surface area contributed by atoms with Gasteiger partial charge in [0.05, 0.1) is 18.2 Å². The van der Waals surface area contributed by atoms with E-state index in [1.54, 1.807) is 12.4 Å². The Hall–Kier alpha value is -1.20. The van der Waals surface area contributed by atoms with E-state index in [1.165, 1.54) is 0 Å². The molecule has 2 aromatic rings. The van der Waals surface area contributed by atoms with Crippen LogP contribution in [-0.4, -0.2) is 29.3 Å². The van der Waals surface area contributed by atoms with Gasteiger partial charge < -0.3 is 9.47 Å². The lowest BCUT2D eigenvalue weighted by atomic mass is 10.3. The molecule has 0 amide bonds. The van der Waals surface area contributed by atoms with Crippen LogP contribution in [0.5, 0.6) is 5.75 Å². The zero-order chi connectivity index (χ0) is 13.0. The number of rotatable bonds is 5. The molecule has 0 radical (unpaired) electrons. The number of hydrogen-bond acceptors (Lipinski definition) is 4. The molecule has 5 heteroatoms. The van der Waals surface area contributed by atoms with Crippen molar-refractivity contribution >= 4 is 27.0 Å². The molecule has 0 saturated heterocycles. The van der Waals surface area contributed by atoms with E-state index in [9.17, 15) is 0 Å². The van der Waals surface area contributed by atoms with Crippen molar-refractivity contribution in [1.29, 1.82) is 0 Å². The van der Waals surface area contributed by atoms with Gasteiger partial charge in [-0.1, -0.05) is 0 Å². The second kappa shape index (κ2) is 6.11. The average Bonchev–Trinajstić information content (AvgIpc) is 2.34. The van der Waals surface area contributed by atoms with Gasteiger partial charge in [-0.15, -0.1) is 0 Å². The number of nitrogens with zero attached hydrogens (tertiary/aromatic N) is 2. The van der Waals surface area contributed by atoms with Gasteiger partial charge in [-0.3, -0.25) is 4.98 Å². The summed E-state index contributed by atoms with van der Waals surface area (Å²) in [6, 6.07) is 3.73. The van der Waals surface area contributed by atoms with Crippen molar-refractivity contribution in [2.24, 2.45) is 0 Å². The summed E-state index contributed by atoms with van der Waals surface area (Å²) in [6.45, 7) is 5.08. The Morgan fingerprint density at radius 3 is 2.89 bits per heavy atom. The molecule has 0 aromatic carbocycles. The Bertz CT molecular complexity index is 531. The number of halogens is 1. The Morgan fingerprint density at radius 1 is 1.28 bits per heavy atom. The van der Waals surface area contributed by atoms with E-state index in [-0.39, 0.29) is 6.10 Å². The molecule has 0 aliphatic rings. The highest BCUT2D eigenvalue weighted by atomic mass is 79.9. The van der Waals surface area contributed by atoms with Crippen LogP contribution in [0.25, 0.3) is 11.0 Å². The van der Waals surface area contributed by atoms with Crippen molar-refractivity contribution < 1.29 is 9.47 Å². The lowest BCUT2D eigenvalue weighted by Crippen LogP contribution is -2.11. The highest BCUT2D eigenvalue weighted by Crippen LogP contribution is 2.23. The Balaban J connectivity index is 2.08. The summed E-state index contributed by atoms with van der Waals surface area (Å²) >= 11 is 3.37. The van der Waals surface area contributed by atoms with Crippen LogP contribution in [0.15, 0.2) is 29.0 Å². The van der Waals surface area contributed by atoms with Crippen LogP contribution in [-0.2, 0) is 4.74 Å². The molecule has 0 aliphatic heterocycles. The highest BCUT2D eigenvalue weighted by Gasteiger charge is 2.05. The van der Waals surface area contributed by atoms with Crippen LogP contribution in [0.4, 0.5) is 0 Å². The number of ether oxygens (including phenoxy) is 2. The molecule has 96 valence electrons. The molecule has 2 heterocycles. The summed E-state index contributed by atoms with van der Waals surface area (Å²) < 4.78 is 12.0. The highest BCUT2D eigenvalue weighted by molar-refractivity contribution is 9.10. The lowest BCUT2D eigenvalue weighted by Gasteiger charge is -2.10. The molecule has 2 aromatic heterocycles. The van der Waals surface area contributed by atoms with Crippen LogP contribution in [0.2, 0.25) is 0 Å². The van der Waals surface area contributed by atoms with Gasteiger partial charge in [0.15, 0.2) is 0 Å². The van der Waals surface area contributed by atoms with E-state index < -0.39 is 0 Å². The Kier molecular flexibility index (Phi) is 4.49. The van der Waals surface area contributed by atoms with Gasteiger partial charge in [-0.25, -0.2) is 4.98 Å². The third kappa shape index (κ3) is 3.40. The minimum Gasteiger partial charge on any atom is -0.489 e. The molecule has 0 bridgehead atoms. The second-order valence-corrected chi connectivity index (χ2v) is 5.01. The van der Waals surface area contributed by atoms with Crippen LogP contribution in [0.1, 0.15) is 13.8 Å². The largest absolute Gasteiger partial charge is 0.489 e. The van der Waals surface area contributed by atoms with E-state index in [4.69, 9.17) is 9.47 Å². The van der Waals surface area contributed by atoms with Crippen LogP contribution in [0, 0.1) is 0 Å². The van der Waals surface area contributed by atoms with Crippen molar-refractivity contribution in [2.75, 3.05) is 13.2 Å². The van der Waals surface area contributed by atoms with Crippen molar-refractivity contribution in [3.05, 3.63) is 29.0 Å². The predicted molar refractivity (Wildman–Crippen MR) is 73.8 cm³/mol. The van der Waals surface area contributed by atoms with E-state index in [2.05, 4.69) is 25.9 Å². The zero-order valence-electron chi connectivity index (χ0n) is 10.4. The number of aromatic nitrogens is 2. The maximum absolute atomic E-state index is 5.67. The molecule has 0 unspecified atom stereocenters. The maximum Gasteiger partial charge on any atom is 0.148 e. The minimum absolute atomic E-state index is 0.219. The smallest absolute Gasteiger partial charge is 0.148 e. The van der Waals surface area contributed by atoms with Crippen LogP contribution in [0.3, 0.4) is 0 Å². The van der Waals surface area contributed by atoms with Gasteiger partial charge >= 0.3 is 0 Å². The first-order valence-corrected chi connectivity index (χ1v) is 6.61. The van der Waals surface area contributed by atoms with Crippen molar-refractivity contribution in [3.63, 3.8) is 0 Å². The summed E-state index contributed by atoms with van der Waals surface area (Å²) in [7, 11) is 0. The summed E-state index contributed by atoms with van der Waals surface area (Å²) in [5.74, 6) is 0.736. The van der Waals surface area contributed by atoms with Gasteiger partial charge in [0.1, 0.15) is 17.9 Å². The van der Waals surface area contributed by atoms with Crippen LogP contribution < -0.4 is 4.74 Å². The lowest BCUT2D eigenvalue weighted by molar-refractivity contribution is 0.0555. The summed E-state index contributed by atoms with van der Waals surface area (Å²) in [5, 5.41) is 0. The maximum atomic E-state index is 5.67. The number of pyridine rings is 2. The molecular weight excluding hydrogens is 296 g/mol. The first-order valence-electron chi connectivity index (χ1n) is 5.81. The topological polar surface area (TPSA) is 44.2 Å². The molecule has 0 saturated carbocycles. The van der Waals surface area contributed by atoms with Crippen molar-refractivity contribution in [1.82, 2.24) is 9.97 Å². The number of fused-ring (bicyclic) bond motifs is 1. The molecule has 0 N–H and O–H groups in total. The molecule has 0 aliphatic carbocycles. The molecule has 0 fully saturated rings. The minimum atomic E-state index is 0.219. The Labute approximate surface area is 114 Å². The van der Waals surface area contributed by atoms with Crippen molar-refractivity contribution in [3.8, 4) is 5.75 Å². The third-order valence-electron chi connectivity index (χ3n) is 2.30. The van der Waals surface area contributed by atoms with Gasteiger partial charge in [0, 0.05) is 22.9 Å². The molecule has 18 heavy (non-hydrogen) atoms.